The Morgan fingerprint density at radius 2 is 1.79 bits per heavy atom. The Hall–Kier alpha value is -2.79. The number of hydrogen-bond donors (Lipinski definition) is 1. The van der Waals surface area contributed by atoms with Gasteiger partial charge in [-0.1, -0.05) is 24.3 Å². The molecule has 1 aliphatic rings. The third-order valence-electron chi connectivity index (χ3n) is 4.64. The molecule has 0 spiro atoms. The summed E-state index contributed by atoms with van der Waals surface area (Å²) in [6, 6.07) is 15.9. The van der Waals surface area contributed by atoms with Crippen molar-refractivity contribution in [3.05, 3.63) is 65.2 Å². The van der Waals surface area contributed by atoms with Gasteiger partial charge in [-0.05, 0) is 53.6 Å². The number of anilines is 1. The van der Waals surface area contributed by atoms with Gasteiger partial charge in [0, 0.05) is 16.6 Å². The summed E-state index contributed by atoms with van der Waals surface area (Å²) in [5.41, 5.74) is 5.77. The molecule has 4 nitrogen and oxygen atoms in total. The fourth-order valence-electron chi connectivity index (χ4n) is 3.47. The zero-order valence-electron chi connectivity index (χ0n) is 12.7. The number of fused-ring (bicyclic) bond motifs is 1. The first kappa shape index (κ1) is 13.6. The third kappa shape index (κ3) is 2.02. The molecule has 0 unspecified atom stereocenters. The van der Waals surface area contributed by atoms with Gasteiger partial charge in [0.05, 0.1) is 11.7 Å². The molecule has 5 heteroatoms. The molecule has 0 saturated heterocycles. The van der Waals surface area contributed by atoms with E-state index >= 15 is 0 Å². The van der Waals surface area contributed by atoms with Crippen molar-refractivity contribution in [1.82, 2.24) is 8.75 Å². The lowest BCUT2D eigenvalue weighted by atomic mass is 10.0. The van der Waals surface area contributed by atoms with Gasteiger partial charge in [-0.15, -0.1) is 0 Å². The van der Waals surface area contributed by atoms with Gasteiger partial charge in [-0.25, -0.2) is 0 Å². The summed E-state index contributed by atoms with van der Waals surface area (Å²) in [5.74, 6) is -0.122. The van der Waals surface area contributed by atoms with Crippen molar-refractivity contribution in [2.75, 3.05) is 5.32 Å². The molecule has 5 rings (SSSR count). The molecular formula is C19H13N3OS. The maximum Gasteiger partial charge on any atom is 0.255 e. The summed E-state index contributed by atoms with van der Waals surface area (Å²) in [5, 5.41) is 5.47. The Bertz CT molecular complexity index is 1110. The highest BCUT2D eigenvalue weighted by atomic mass is 32.1. The zero-order chi connectivity index (χ0) is 16.1. The molecule has 1 aliphatic carbocycles. The second-order valence-electron chi connectivity index (χ2n) is 6.03. The molecule has 0 bridgehead atoms. The average Bonchev–Trinajstić information content (AvgIpc) is 3.24. The molecule has 1 N–H and O–H groups in total. The van der Waals surface area contributed by atoms with Gasteiger partial charge in [0.2, 0.25) is 0 Å². The van der Waals surface area contributed by atoms with Crippen molar-refractivity contribution in [1.29, 1.82) is 0 Å². The summed E-state index contributed by atoms with van der Waals surface area (Å²) in [7, 11) is 0. The quantitative estimate of drug-likeness (QED) is 0.599. The molecule has 24 heavy (non-hydrogen) atoms. The van der Waals surface area contributed by atoms with Gasteiger partial charge in [-0.2, -0.15) is 8.75 Å². The Morgan fingerprint density at radius 3 is 2.71 bits per heavy atom. The molecule has 0 fully saturated rings. The van der Waals surface area contributed by atoms with Crippen LogP contribution in [0.3, 0.4) is 0 Å². The molecular weight excluding hydrogens is 318 g/mol. The number of aryl methyl sites for hydroxylation is 2. The predicted octanol–water partition coefficient (Wildman–Crippen LogP) is 4.20. The number of hydrogen-bond acceptors (Lipinski definition) is 4. The minimum Gasteiger partial charge on any atom is -0.321 e. The van der Waals surface area contributed by atoms with Crippen molar-refractivity contribution >= 4 is 45.1 Å². The van der Waals surface area contributed by atoms with Crippen molar-refractivity contribution in [3.8, 4) is 0 Å². The maximum atomic E-state index is 12.7. The molecule has 1 heterocycles. The van der Waals surface area contributed by atoms with E-state index < -0.39 is 0 Å². The summed E-state index contributed by atoms with van der Waals surface area (Å²) in [6.07, 6.45) is 2.16. The molecule has 1 amide bonds. The molecule has 1 aromatic heterocycles. The Morgan fingerprint density at radius 1 is 0.958 bits per heavy atom. The maximum absolute atomic E-state index is 12.7. The van der Waals surface area contributed by atoms with Crippen LogP contribution < -0.4 is 5.32 Å². The van der Waals surface area contributed by atoms with Crippen LogP contribution in [0, 0.1) is 0 Å². The number of amides is 1. The van der Waals surface area contributed by atoms with Gasteiger partial charge in [0.1, 0.15) is 11.0 Å². The zero-order valence-corrected chi connectivity index (χ0v) is 13.6. The van der Waals surface area contributed by atoms with Crippen LogP contribution in [-0.4, -0.2) is 14.7 Å². The number of benzene rings is 3. The Balaban J connectivity index is 1.56. The summed E-state index contributed by atoms with van der Waals surface area (Å²) < 4.78 is 8.37. The average molecular weight is 331 g/mol. The van der Waals surface area contributed by atoms with Gasteiger partial charge >= 0.3 is 0 Å². The van der Waals surface area contributed by atoms with E-state index in [1.165, 1.54) is 16.5 Å². The number of carbonyl (C=O) groups is 1. The van der Waals surface area contributed by atoms with Crippen molar-refractivity contribution in [3.63, 3.8) is 0 Å². The first-order valence-electron chi connectivity index (χ1n) is 7.87. The highest BCUT2D eigenvalue weighted by Gasteiger charge is 2.17. The highest BCUT2D eigenvalue weighted by molar-refractivity contribution is 7.00. The second kappa shape index (κ2) is 5.11. The van der Waals surface area contributed by atoms with E-state index in [4.69, 9.17) is 0 Å². The lowest BCUT2D eigenvalue weighted by molar-refractivity contribution is 0.102. The molecule has 4 aromatic rings. The first-order valence-corrected chi connectivity index (χ1v) is 8.60. The topological polar surface area (TPSA) is 54.9 Å². The molecule has 0 radical (unpaired) electrons. The van der Waals surface area contributed by atoms with E-state index in [9.17, 15) is 4.79 Å². The van der Waals surface area contributed by atoms with Crippen LogP contribution >= 0.6 is 11.7 Å². The molecule has 0 aliphatic heterocycles. The number of nitrogens with zero attached hydrogens (tertiary/aromatic N) is 2. The van der Waals surface area contributed by atoms with Crippen LogP contribution in [0.1, 0.15) is 21.5 Å². The van der Waals surface area contributed by atoms with Crippen LogP contribution in [-0.2, 0) is 12.8 Å². The summed E-state index contributed by atoms with van der Waals surface area (Å²) in [4.78, 5) is 12.7. The monoisotopic (exact) mass is 331 g/mol. The third-order valence-corrected chi connectivity index (χ3v) is 5.20. The number of rotatable bonds is 2. The van der Waals surface area contributed by atoms with Crippen molar-refractivity contribution in [2.45, 2.75) is 12.8 Å². The lowest BCUT2D eigenvalue weighted by Crippen LogP contribution is -2.12. The number of nitrogens with one attached hydrogen (secondary N) is 1. The van der Waals surface area contributed by atoms with E-state index in [2.05, 4.69) is 38.3 Å². The normalized spacial score (nSPS) is 12.8. The largest absolute Gasteiger partial charge is 0.321 e. The minimum absolute atomic E-state index is 0.122. The van der Waals surface area contributed by atoms with Crippen LogP contribution in [0.25, 0.3) is 21.8 Å². The fraction of sp³-hybridized carbons (Fsp3) is 0.105. The van der Waals surface area contributed by atoms with E-state index in [1.807, 2.05) is 12.1 Å². The van der Waals surface area contributed by atoms with Gasteiger partial charge in [0.15, 0.2) is 0 Å². The fourth-order valence-corrected chi connectivity index (χ4v) is 3.99. The Kier molecular flexibility index (Phi) is 2.90. The first-order chi connectivity index (χ1) is 11.8. The van der Waals surface area contributed by atoms with Crippen LogP contribution in [0.5, 0.6) is 0 Å². The van der Waals surface area contributed by atoms with Gasteiger partial charge < -0.3 is 5.32 Å². The van der Waals surface area contributed by atoms with Gasteiger partial charge in [0.25, 0.3) is 5.91 Å². The van der Waals surface area contributed by atoms with Crippen molar-refractivity contribution in [2.24, 2.45) is 0 Å². The Labute approximate surface area is 142 Å². The summed E-state index contributed by atoms with van der Waals surface area (Å²) in [6.45, 7) is 0. The van der Waals surface area contributed by atoms with Crippen LogP contribution in [0.15, 0.2) is 48.5 Å². The molecule has 116 valence electrons. The van der Waals surface area contributed by atoms with Gasteiger partial charge in [-0.3, -0.25) is 4.79 Å². The van der Waals surface area contributed by atoms with E-state index in [1.54, 1.807) is 12.1 Å². The SMILES string of the molecule is O=C(Nc1ccc2c3c(cccc13)CC2)c1ccc2nsnc2c1. The van der Waals surface area contributed by atoms with E-state index in [0.717, 1.165) is 46.7 Å². The predicted molar refractivity (Wildman–Crippen MR) is 96.7 cm³/mol. The standard InChI is InChI=1S/C19H13N3OS/c23-19(13-7-9-16-17(10-13)22-24-21-16)20-15-8-6-12-5-4-11-2-1-3-14(15)18(11)12/h1-3,6-10H,4-5H2,(H,20,23). The van der Waals surface area contributed by atoms with Crippen LogP contribution in [0.4, 0.5) is 5.69 Å². The lowest BCUT2D eigenvalue weighted by Gasteiger charge is -2.10. The van der Waals surface area contributed by atoms with E-state index in [-0.39, 0.29) is 5.91 Å². The van der Waals surface area contributed by atoms with E-state index in [0.29, 0.717) is 5.56 Å². The number of carbonyl (C=O) groups excluding carboxylic acids is 1. The summed E-state index contributed by atoms with van der Waals surface area (Å²) >= 11 is 1.16. The minimum atomic E-state index is -0.122. The second-order valence-corrected chi connectivity index (χ2v) is 6.56. The van der Waals surface area contributed by atoms with Crippen molar-refractivity contribution < 1.29 is 4.79 Å². The highest BCUT2D eigenvalue weighted by Crippen LogP contribution is 2.35. The van der Waals surface area contributed by atoms with Crippen LogP contribution in [0.2, 0.25) is 0 Å². The number of aromatic nitrogens is 2. The smallest absolute Gasteiger partial charge is 0.255 e. The molecule has 3 aromatic carbocycles. The molecule has 0 saturated carbocycles. The molecule has 0 atom stereocenters.